The minimum absolute atomic E-state index is 0.416. The molecule has 3 fully saturated rings. The van der Waals surface area contributed by atoms with Gasteiger partial charge >= 0.3 is 0 Å². The average molecular weight is 257 g/mol. The lowest BCUT2D eigenvalue weighted by atomic mass is 10.0. The van der Waals surface area contributed by atoms with Crippen LogP contribution in [0.5, 0.6) is 0 Å². The van der Waals surface area contributed by atoms with Crippen LogP contribution < -0.4 is 16.8 Å². The van der Waals surface area contributed by atoms with E-state index in [1.165, 1.54) is 19.3 Å². The Labute approximate surface area is 112 Å². The van der Waals surface area contributed by atoms with Gasteiger partial charge in [0.05, 0.1) is 5.56 Å². The third-order valence-corrected chi connectivity index (χ3v) is 5.39. The minimum atomic E-state index is -0.461. The maximum absolute atomic E-state index is 11.3. The molecule has 3 aliphatic carbocycles. The second-order valence-electron chi connectivity index (χ2n) is 6.32. The van der Waals surface area contributed by atoms with E-state index >= 15 is 0 Å². The van der Waals surface area contributed by atoms with Gasteiger partial charge in [-0.25, -0.2) is 0 Å². The van der Waals surface area contributed by atoms with E-state index in [2.05, 4.69) is 5.32 Å². The van der Waals surface area contributed by atoms with Crippen molar-refractivity contribution in [3.63, 3.8) is 0 Å². The first-order valence-electron chi connectivity index (χ1n) is 7.11. The van der Waals surface area contributed by atoms with Gasteiger partial charge in [0.2, 0.25) is 0 Å². The first-order chi connectivity index (χ1) is 9.15. The van der Waals surface area contributed by atoms with Crippen molar-refractivity contribution >= 4 is 17.3 Å². The lowest BCUT2D eigenvalue weighted by molar-refractivity contribution is 0.100. The van der Waals surface area contributed by atoms with Crippen LogP contribution in [-0.4, -0.2) is 11.9 Å². The normalized spacial score (nSPS) is 38.0. The zero-order valence-corrected chi connectivity index (χ0v) is 10.8. The summed E-state index contributed by atoms with van der Waals surface area (Å²) in [5, 5.41) is 3.58. The number of primary amides is 1. The summed E-state index contributed by atoms with van der Waals surface area (Å²) in [5.74, 6) is 3.16. The van der Waals surface area contributed by atoms with Crippen LogP contribution in [0.3, 0.4) is 0 Å². The number of anilines is 2. The zero-order valence-electron chi connectivity index (χ0n) is 10.8. The number of hydrogen-bond donors (Lipinski definition) is 3. The minimum Gasteiger partial charge on any atom is -0.398 e. The Bertz CT molecular complexity index is 540. The Morgan fingerprint density at radius 1 is 1.21 bits per heavy atom. The number of benzene rings is 1. The predicted octanol–water partition coefficient (Wildman–Crippen LogP) is 1.82. The van der Waals surface area contributed by atoms with Gasteiger partial charge in [0.1, 0.15) is 0 Å². The summed E-state index contributed by atoms with van der Waals surface area (Å²) in [6, 6.07) is 6.09. The standard InChI is InChI=1S/C15H19N3O/c16-11-4-3-9(6-10(11)15(17)19)18-14-12-7-1-2-8(5-7)13(12)14/h3-4,6-8,12-14,18H,1-2,5,16H2,(H2,17,19). The van der Waals surface area contributed by atoms with Crippen molar-refractivity contribution < 1.29 is 4.79 Å². The first-order valence-corrected chi connectivity index (χ1v) is 7.11. The number of carbonyl (C=O) groups is 1. The van der Waals surface area contributed by atoms with E-state index < -0.39 is 5.91 Å². The maximum atomic E-state index is 11.3. The van der Waals surface area contributed by atoms with E-state index in [0.717, 1.165) is 29.4 Å². The van der Waals surface area contributed by atoms with Gasteiger partial charge in [-0.15, -0.1) is 0 Å². The molecule has 3 saturated carbocycles. The molecule has 0 aromatic heterocycles. The van der Waals surface area contributed by atoms with Crippen molar-refractivity contribution in [3.8, 4) is 0 Å². The summed E-state index contributed by atoms with van der Waals surface area (Å²) in [5.41, 5.74) is 12.9. The molecule has 0 spiro atoms. The highest BCUT2D eigenvalue weighted by Gasteiger charge is 2.64. The van der Waals surface area contributed by atoms with Crippen molar-refractivity contribution in [1.82, 2.24) is 0 Å². The molecule has 19 heavy (non-hydrogen) atoms. The number of carbonyl (C=O) groups excluding carboxylic acids is 1. The molecule has 0 heterocycles. The van der Waals surface area contributed by atoms with E-state index in [9.17, 15) is 4.79 Å². The second kappa shape index (κ2) is 3.65. The van der Waals surface area contributed by atoms with Gasteiger partial charge in [-0.3, -0.25) is 4.79 Å². The molecular weight excluding hydrogens is 238 g/mol. The molecule has 2 bridgehead atoms. The van der Waals surface area contributed by atoms with E-state index in [4.69, 9.17) is 11.5 Å². The molecule has 4 heteroatoms. The van der Waals surface area contributed by atoms with Crippen molar-refractivity contribution in [2.75, 3.05) is 11.1 Å². The fourth-order valence-electron chi connectivity index (χ4n) is 4.57. The molecule has 0 saturated heterocycles. The van der Waals surface area contributed by atoms with Gasteiger partial charge < -0.3 is 16.8 Å². The third kappa shape index (κ3) is 1.55. The summed E-state index contributed by atoms with van der Waals surface area (Å²) in [7, 11) is 0. The number of fused-ring (bicyclic) bond motifs is 5. The lowest BCUT2D eigenvalue weighted by Gasteiger charge is -2.13. The van der Waals surface area contributed by atoms with Gasteiger partial charge in [-0.1, -0.05) is 0 Å². The Hall–Kier alpha value is -1.71. The van der Waals surface area contributed by atoms with Crippen molar-refractivity contribution in [2.24, 2.45) is 29.4 Å². The highest BCUT2D eigenvalue weighted by molar-refractivity contribution is 5.99. The van der Waals surface area contributed by atoms with Crippen molar-refractivity contribution in [3.05, 3.63) is 23.8 Å². The Morgan fingerprint density at radius 3 is 2.53 bits per heavy atom. The van der Waals surface area contributed by atoms with E-state index in [0.29, 0.717) is 17.3 Å². The number of hydrogen-bond acceptors (Lipinski definition) is 3. The Morgan fingerprint density at radius 2 is 1.89 bits per heavy atom. The summed E-state index contributed by atoms with van der Waals surface area (Å²) >= 11 is 0. The molecule has 1 aromatic rings. The molecule has 4 rings (SSSR count). The largest absolute Gasteiger partial charge is 0.398 e. The van der Waals surface area contributed by atoms with Crippen LogP contribution >= 0.6 is 0 Å². The van der Waals surface area contributed by atoms with Crippen LogP contribution in [0.1, 0.15) is 29.6 Å². The smallest absolute Gasteiger partial charge is 0.250 e. The van der Waals surface area contributed by atoms with Gasteiger partial charge in [0.25, 0.3) is 5.91 Å². The topological polar surface area (TPSA) is 81.1 Å². The molecular formula is C15H19N3O. The molecule has 4 atom stereocenters. The van der Waals surface area contributed by atoms with Crippen molar-refractivity contribution in [2.45, 2.75) is 25.3 Å². The Kier molecular flexibility index (Phi) is 2.14. The third-order valence-electron chi connectivity index (χ3n) is 5.39. The molecule has 4 unspecified atom stereocenters. The molecule has 5 N–H and O–H groups in total. The predicted molar refractivity (Wildman–Crippen MR) is 74.6 cm³/mol. The number of amides is 1. The molecule has 3 aliphatic rings. The molecule has 4 nitrogen and oxygen atoms in total. The fraction of sp³-hybridized carbons (Fsp3) is 0.533. The number of nitrogens with two attached hydrogens (primary N) is 2. The van der Waals surface area contributed by atoms with Crippen LogP contribution in [0, 0.1) is 23.7 Å². The van der Waals surface area contributed by atoms with Crippen LogP contribution in [0.25, 0.3) is 0 Å². The quantitative estimate of drug-likeness (QED) is 0.722. The lowest BCUT2D eigenvalue weighted by Crippen LogP contribution is -2.16. The summed E-state index contributed by atoms with van der Waals surface area (Å²) < 4.78 is 0. The number of rotatable bonds is 3. The summed E-state index contributed by atoms with van der Waals surface area (Å²) in [6.45, 7) is 0. The number of nitrogens with one attached hydrogen (secondary N) is 1. The number of nitrogen functional groups attached to an aromatic ring is 1. The second-order valence-corrected chi connectivity index (χ2v) is 6.32. The van der Waals surface area contributed by atoms with Crippen LogP contribution in [0.2, 0.25) is 0 Å². The summed E-state index contributed by atoms with van der Waals surface area (Å²) in [6.07, 6.45) is 4.28. The first kappa shape index (κ1) is 11.1. The Balaban J connectivity index is 1.53. The van der Waals surface area contributed by atoms with E-state index in [1.54, 1.807) is 12.1 Å². The average Bonchev–Trinajstić information content (AvgIpc) is 2.79. The van der Waals surface area contributed by atoms with E-state index in [1.807, 2.05) is 6.07 Å². The summed E-state index contributed by atoms with van der Waals surface area (Å²) in [4.78, 5) is 11.3. The van der Waals surface area contributed by atoms with Crippen LogP contribution in [0.15, 0.2) is 18.2 Å². The van der Waals surface area contributed by atoms with Gasteiger partial charge in [0, 0.05) is 17.4 Å². The van der Waals surface area contributed by atoms with Gasteiger partial charge in [0.15, 0.2) is 0 Å². The zero-order chi connectivity index (χ0) is 13.1. The van der Waals surface area contributed by atoms with Crippen LogP contribution in [-0.2, 0) is 0 Å². The molecule has 0 radical (unpaired) electrons. The monoisotopic (exact) mass is 257 g/mol. The molecule has 100 valence electrons. The van der Waals surface area contributed by atoms with Crippen LogP contribution in [0.4, 0.5) is 11.4 Å². The van der Waals surface area contributed by atoms with E-state index in [-0.39, 0.29) is 0 Å². The molecule has 1 amide bonds. The molecule has 1 aromatic carbocycles. The highest BCUT2D eigenvalue weighted by Crippen LogP contribution is 2.66. The molecule has 0 aliphatic heterocycles. The SMILES string of the molecule is NC(=O)c1cc(NC2C3C4CCC(C4)C23)ccc1N. The van der Waals surface area contributed by atoms with Gasteiger partial charge in [-0.05, 0) is 61.1 Å². The fourth-order valence-corrected chi connectivity index (χ4v) is 4.57. The van der Waals surface area contributed by atoms with Crippen molar-refractivity contribution in [1.29, 1.82) is 0 Å². The van der Waals surface area contributed by atoms with Gasteiger partial charge in [-0.2, -0.15) is 0 Å². The highest BCUT2D eigenvalue weighted by atomic mass is 16.1. The maximum Gasteiger partial charge on any atom is 0.250 e.